The lowest BCUT2D eigenvalue weighted by molar-refractivity contribution is 0.0824. The molecule has 0 bridgehead atoms. The highest BCUT2D eigenvalue weighted by Crippen LogP contribution is 2.26. The Morgan fingerprint density at radius 1 is 1.46 bits per heavy atom. The summed E-state index contributed by atoms with van der Waals surface area (Å²) in [6.45, 7) is -7.43. The smallest absolute Gasteiger partial charge is 0.275 e. The molecular formula is C17H20N4O3. The van der Waals surface area contributed by atoms with Crippen molar-refractivity contribution < 1.29 is 23.6 Å². The number of rotatable bonds is 2. The van der Waals surface area contributed by atoms with Gasteiger partial charge in [-0.3, -0.25) is 18.6 Å². The van der Waals surface area contributed by atoms with Crippen molar-refractivity contribution in [1.29, 1.82) is 0 Å². The van der Waals surface area contributed by atoms with Crippen molar-refractivity contribution in [2.75, 3.05) is 14.0 Å². The van der Waals surface area contributed by atoms with E-state index in [1.807, 2.05) is 0 Å². The van der Waals surface area contributed by atoms with Crippen LogP contribution in [0.3, 0.4) is 0 Å². The topological polar surface area (TPSA) is 79.8 Å². The third-order valence-corrected chi connectivity index (χ3v) is 3.68. The van der Waals surface area contributed by atoms with Crippen LogP contribution in [0.4, 0.5) is 0 Å². The van der Waals surface area contributed by atoms with E-state index in [-0.39, 0.29) is 21.0 Å². The summed E-state index contributed by atoms with van der Waals surface area (Å²) < 4.78 is 77.7. The summed E-state index contributed by atoms with van der Waals surface area (Å²) in [6.07, 6.45) is -1.37. The maximum Gasteiger partial charge on any atom is 0.275 e. The summed E-state index contributed by atoms with van der Waals surface area (Å²) in [7, 11) is 0. The fourth-order valence-electron chi connectivity index (χ4n) is 2.67. The Morgan fingerprint density at radius 2 is 2.21 bits per heavy atom. The van der Waals surface area contributed by atoms with Crippen LogP contribution in [0.15, 0.2) is 23.3 Å². The molecule has 2 heterocycles. The second-order valence-electron chi connectivity index (χ2n) is 5.36. The minimum atomic E-state index is -3.45. The Morgan fingerprint density at radius 3 is 2.83 bits per heavy atom. The monoisotopic (exact) mass is 338 g/mol. The maximum absolute atomic E-state index is 13.3. The summed E-state index contributed by atoms with van der Waals surface area (Å²) in [5, 5.41) is 10.2. The van der Waals surface area contributed by atoms with Crippen LogP contribution in [0.5, 0.6) is 0 Å². The second-order valence-corrected chi connectivity index (χ2v) is 5.36. The first kappa shape index (κ1) is 7.94. The first-order valence-electron chi connectivity index (χ1n) is 11.8. The molecular weight excluding hydrogens is 308 g/mol. The molecule has 24 heavy (non-hydrogen) atoms. The van der Waals surface area contributed by atoms with Gasteiger partial charge in [0.1, 0.15) is 6.33 Å². The molecule has 0 saturated heterocycles. The normalized spacial score (nSPS) is 21.8. The van der Waals surface area contributed by atoms with Gasteiger partial charge < -0.3 is 10.0 Å². The van der Waals surface area contributed by atoms with Crippen molar-refractivity contribution in [3.63, 3.8) is 0 Å². The Bertz CT molecular complexity index is 1350. The number of carbonyl (C=O) groups excluding carboxylic acids is 1. The van der Waals surface area contributed by atoms with E-state index in [0.29, 0.717) is 5.56 Å². The van der Waals surface area contributed by atoms with E-state index in [1.165, 1.54) is 12.1 Å². The molecule has 0 aliphatic heterocycles. The molecule has 0 aliphatic rings. The number of amides is 1. The van der Waals surface area contributed by atoms with Crippen molar-refractivity contribution in [3.05, 3.63) is 45.6 Å². The highest BCUT2D eigenvalue weighted by molar-refractivity contribution is 5.99. The van der Waals surface area contributed by atoms with E-state index in [9.17, 15) is 14.7 Å². The number of aryl methyl sites for hydroxylation is 2. The molecule has 1 amide bonds. The first-order valence-corrected chi connectivity index (χ1v) is 6.82. The summed E-state index contributed by atoms with van der Waals surface area (Å²) in [6, 6.07) is 2.71. The average Bonchev–Trinajstić information content (AvgIpc) is 3.01. The van der Waals surface area contributed by atoms with Gasteiger partial charge in [0.25, 0.3) is 11.5 Å². The van der Waals surface area contributed by atoms with Crippen molar-refractivity contribution in [2.45, 2.75) is 19.9 Å². The van der Waals surface area contributed by atoms with Crippen LogP contribution in [0.2, 0.25) is 0 Å². The van der Waals surface area contributed by atoms with Gasteiger partial charge in [-0.1, -0.05) is 6.07 Å². The van der Waals surface area contributed by atoms with Crippen molar-refractivity contribution in [2.24, 2.45) is 6.98 Å². The molecule has 0 spiro atoms. The van der Waals surface area contributed by atoms with Crippen molar-refractivity contribution in [3.8, 4) is 0 Å². The summed E-state index contributed by atoms with van der Waals surface area (Å²) in [5.41, 5.74) is -2.61. The minimum Gasteiger partial charge on any atom is -0.389 e. The Kier molecular flexibility index (Phi) is 1.80. The van der Waals surface area contributed by atoms with Gasteiger partial charge in [-0.05, 0) is 25.5 Å². The average molecular weight is 338 g/mol. The zero-order valence-electron chi connectivity index (χ0n) is 22.8. The van der Waals surface area contributed by atoms with Gasteiger partial charge in [0, 0.05) is 38.8 Å². The fourth-order valence-corrected chi connectivity index (χ4v) is 2.67. The van der Waals surface area contributed by atoms with Crippen LogP contribution in [-0.2, 0) is 6.98 Å². The molecule has 1 N–H and O–H groups in total. The van der Waals surface area contributed by atoms with Gasteiger partial charge in [0.05, 0.1) is 18.4 Å². The van der Waals surface area contributed by atoms with Crippen LogP contribution in [-0.4, -0.2) is 43.8 Å². The highest BCUT2D eigenvalue weighted by atomic mass is 16.3. The number of hydrogen-bond donors (Lipinski definition) is 1. The van der Waals surface area contributed by atoms with E-state index in [4.69, 9.17) is 13.7 Å². The highest BCUT2D eigenvalue weighted by Gasteiger charge is 2.22. The first-order chi connectivity index (χ1) is 15.2. The van der Waals surface area contributed by atoms with E-state index < -0.39 is 54.7 Å². The Labute approximate surface area is 152 Å². The van der Waals surface area contributed by atoms with Crippen LogP contribution in [0, 0.1) is 6.92 Å². The lowest BCUT2D eigenvalue weighted by atomic mass is 10.0. The Balaban J connectivity index is 2.60. The van der Waals surface area contributed by atoms with E-state index >= 15 is 0 Å². The predicted molar refractivity (Wildman–Crippen MR) is 91.3 cm³/mol. The number of benzene rings is 1. The predicted octanol–water partition coefficient (Wildman–Crippen LogP) is 1.25. The molecule has 2 aromatic heterocycles. The van der Waals surface area contributed by atoms with Gasteiger partial charge in [0.2, 0.25) is 0 Å². The zero-order valence-corrected chi connectivity index (χ0v) is 12.8. The number of imidazole rings is 1. The molecule has 0 fully saturated rings. The molecule has 1 unspecified atom stereocenters. The van der Waals surface area contributed by atoms with Crippen LogP contribution in [0.25, 0.3) is 16.6 Å². The molecule has 0 radical (unpaired) electrons. The molecule has 7 heteroatoms. The molecule has 7 nitrogen and oxygen atoms in total. The summed E-state index contributed by atoms with van der Waals surface area (Å²) >= 11 is 0. The standard InChI is InChI=1S/C17H20N4O3/c1-9-6-11(10(2)22)14-12(7-9)16(23)20(5)15-13(17(24)19(3)4)18-8-21(14)15/h6-8,10,22H,1-5H3/i3D3,4D3,5D3,10D. The largest absolute Gasteiger partial charge is 0.389 e. The number of hydrogen-bond acceptors (Lipinski definition) is 4. The van der Waals surface area contributed by atoms with Gasteiger partial charge in [-0.25, -0.2) is 4.98 Å². The summed E-state index contributed by atoms with van der Waals surface area (Å²) in [5.74, 6) is -1.66. The van der Waals surface area contributed by atoms with Crippen LogP contribution in [0.1, 0.15) is 48.3 Å². The van der Waals surface area contributed by atoms with Crippen LogP contribution < -0.4 is 5.56 Å². The number of fused-ring (bicyclic) bond motifs is 3. The molecule has 3 aromatic rings. The molecule has 3 rings (SSSR count). The quantitative estimate of drug-likeness (QED) is 0.763. The van der Waals surface area contributed by atoms with Gasteiger partial charge >= 0.3 is 0 Å². The molecule has 126 valence electrons. The lowest BCUT2D eigenvalue weighted by Gasteiger charge is -2.15. The third kappa shape index (κ3) is 2.20. The van der Waals surface area contributed by atoms with Gasteiger partial charge in [-0.15, -0.1) is 0 Å². The molecule has 1 atom stereocenters. The number of carbonyl (C=O) groups is 1. The van der Waals surface area contributed by atoms with E-state index in [1.54, 1.807) is 6.92 Å². The molecule has 1 aromatic carbocycles. The number of aliphatic hydroxyl groups is 1. The van der Waals surface area contributed by atoms with Crippen molar-refractivity contribution >= 4 is 22.5 Å². The number of nitrogens with zero attached hydrogens (tertiary/aromatic N) is 4. The Hall–Kier alpha value is -2.67. The molecule has 0 saturated carbocycles. The van der Waals surface area contributed by atoms with Gasteiger partial charge in [0.15, 0.2) is 11.3 Å². The number of aromatic nitrogens is 3. The minimum absolute atomic E-state index is 0.123. The zero-order chi connectivity index (χ0) is 26.2. The third-order valence-electron chi connectivity index (χ3n) is 3.68. The van der Waals surface area contributed by atoms with Gasteiger partial charge in [-0.2, -0.15) is 0 Å². The van der Waals surface area contributed by atoms with Crippen molar-refractivity contribution in [1.82, 2.24) is 18.9 Å². The van der Waals surface area contributed by atoms with Crippen LogP contribution >= 0.6 is 0 Å². The fraction of sp³-hybridized carbons (Fsp3) is 0.353. The molecule has 0 aliphatic carbocycles. The van der Waals surface area contributed by atoms with E-state index in [2.05, 4.69) is 4.98 Å². The maximum atomic E-state index is 13.3. The lowest BCUT2D eigenvalue weighted by Crippen LogP contribution is -2.26. The van der Waals surface area contributed by atoms with E-state index in [0.717, 1.165) is 17.7 Å². The second kappa shape index (κ2) is 5.45. The summed E-state index contributed by atoms with van der Waals surface area (Å²) in [4.78, 5) is 29.8. The SMILES string of the molecule is [2H]C(C)(O)c1cc(C)cc2c(=O)n(C([2H])([2H])[2H])c3c(C(=O)N(C([2H])([2H])[2H])C([2H])([2H])[2H])ncn3c12.